The third kappa shape index (κ3) is 5.83. The molecule has 0 unspecified atom stereocenters. The quantitative estimate of drug-likeness (QED) is 0.624. The minimum atomic E-state index is -3.71. The summed E-state index contributed by atoms with van der Waals surface area (Å²) in [6.45, 7) is 3.80. The van der Waals surface area contributed by atoms with E-state index in [0.717, 1.165) is 11.1 Å². The van der Waals surface area contributed by atoms with Crippen LogP contribution in [0.4, 0.5) is 0 Å². The van der Waals surface area contributed by atoms with Crippen molar-refractivity contribution in [1.29, 1.82) is 0 Å². The van der Waals surface area contributed by atoms with E-state index in [2.05, 4.69) is 5.92 Å². The number of halogens is 1. The molecule has 0 aliphatic heterocycles. The number of aryl methyl sites for hydroxylation is 1. The van der Waals surface area contributed by atoms with Gasteiger partial charge in [0.25, 0.3) is 0 Å². The minimum absolute atomic E-state index is 0.0208. The van der Waals surface area contributed by atoms with E-state index in [-0.39, 0.29) is 18.0 Å². The van der Waals surface area contributed by atoms with E-state index >= 15 is 0 Å². The van der Waals surface area contributed by atoms with Gasteiger partial charge in [-0.1, -0.05) is 77.7 Å². The first-order valence-electron chi connectivity index (χ1n) is 8.45. The third-order valence-corrected chi connectivity index (χ3v) is 6.25. The number of rotatable bonds is 7. The van der Waals surface area contributed by atoms with E-state index in [0.29, 0.717) is 10.6 Å². The van der Waals surface area contributed by atoms with E-state index in [9.17, 15) is 8.42 Å². The number of terminal acetylenes is 1. The molecule has 0 aromatic heterocycles. The standard InChI is InChI=1S/C22H22ClNO2S/c1-4-19(3)22(23)17-24(16-8-11-20-9-6-5-7-10-20)27(25,26)21-14-12-18(2)13-15-21/h1,5-15H,16-17H2,2-3H3/b11-8+,22-19+. The molecule has 2 aromatic rings. The zero-order valence-electron chi connectivity index (χ0n) is 15.4. The molecule has 0 fully saturated rings. The predicted molar refractivity (Wildman–Crippen MR) is 113 cm³/mol. The summed E-state index contributed by atoms with van der Waals surface area (Å²) in [5.74, 6) is 2.46. The van der Waals surface area contributed by atoms with Gasteiger partial charge in [-0.05, 0) is 31.5 Å². The van der Waals surface area contributed by atoms with Gasteiger partial charge in [0.05, 0.1) is 11.4 Å². The number of sulfonamides is 1. The number of nitrogens with zero attached hydrogens (tertiary/aromatic N) is 1. The molecular formula is C22H22ClNO2S. The highest BCUT2D eigenvalue weighted by Gasteiger charge is 2.24. The highest BCUT2D eigenvalue weighted by atomic mass is 35.5. The molecule has 0 radical (unpaired) electrons. The molecule has 5 heteroatoms. The van der Waals surface area contributed by atoms with E-state index in [4.69, 9.17) is 18.0 Å². The molecule has 0 aliphatic rings. The maximum Gasteiger partial charge on any atom is 0.243 e. The monoisotopic (exact) mass is 399 g/mol. The van der Waals surface area contributed by atoms with Gasteiger partial charge in [0.1, 0.15) is 0 Å². The molecule has 0 spiro atoms. The Bertz CT molecular complexity index is 969. The van der Waals surface area contributed by atoms with Crippen molar-refractivity contribution in [3.05, 3.63) is 82.4 Å². The van der Waals surface area contributed by atoms with Gasteiger partial charge >= 0.3 is 0 Å². The van der Waals surface area contributed by atoms with Gasteiger partial charge in [0, 0.05) is 17.2 Å². The normalized spacial score (nSPS) is 12.9. The number of benzene rings is 2. The first-order chi connectivity index (χ1) is 12.8. The van der Waals surface area contributed by atoms with Crippen molar-refractivity contribution in [3.8, 4) is 12.3 Å². The SMILES string of the molecule is C#C/C(C)=C(/Cl)CN(C/C=C/c1ccccc1)S(=O)(=O)c1ccc(C)cc1. The lowest BCUT2D eigenvalue weighted by Gasteiger charge is -2.21. The summed E-state index contributed by atoms with van der Waals surface area (Å²) in [6.07, 6.45) is 9.07. The number of hydrogen-bond acceptors (Lipinski definition) is 2. The molecule has 0 bridgehead atoms. The molecular weight excluding hydrogens is 378 g/mol. The second-order valence-corrected chi connectivity index (χ2v) is 8.49. The highest BCUT2D eigenvalue weighted by molar-refractivity contribution is 7.89. The van der Waals surface area contributed by atoms with Crippen LogP contribution >= 0.6 is 11.6 Å². The molecule has 0 aliphatic carbocycles. The minimum Gasteiger partial charge on any atom is -0.207 e. The summed E-state index contributed by atoms with van der Waals surface area (Å²) >= 11 is 6.25. The van der Waals surface area contributed by atoms with Crippen LogP contribution in [0.1, 0.15) is 18.1 Å². The first-order valence-corrected chi connectivity index (χ1v) is 10.3. The van der Waals surface area contributed by atoms with Gasteiger partial charge in [0.2, 0.25) is 10.0 Å². The Hall–Kier alpha value is -2.32. The zero-order chi connectivity index (χ0) is 19.9. The molecule has 2 rings (SSSR count). The largest absolute Gasteiger partial charge is 0.243 e. The van der Waals surface area contributed by atoms with Crippen LogP contribution in [-0.2, 0) is 10.0 Å². The van der Waals surface area contributed by atoms with Crippen LogP contribution in [0.3, 0.4) is 0 Å². The summed E-state index contributed by atoms with van der Waals surface area (Å²) in [5.41, 5.74) is 2.50. The average molecular weight is 400 g/mol. The van der Waals surface area contributed by atoms with Gasteiger partial charge in [-0.3, -0.25) is 0 Å². The lowest BCUT2D eigenvalue weighted by molar-refractivity contribution is 0.471. The molecule has 27 heavy (non-hydrogen) atoms. The van der Waals surface area contributed by atoms with Crippen molar-refractivity contribution in [1.82, 2.24) is 4.31 Å². The number of allylic oxidation sites excluding steroid dienone is 1. The summed E-state index contributed by atoms with van der Waals surface area (Å²) in [6, 6.07) is 16.4. The summed E-state index contributed by atoms with van der Waals surface area (Å²) in [7, 11) is -3.71. The smallest absolute Gasteiger partial charge is 0.207 e. The van der Waals surface area contributed by atoms with Crippen molar-refractivity contribution in [2.45, 2.75) is 18.7 Å². The summed E-state index contributed by atoms with van der Waals surface area (Å²) < 4.78 is 27.5. The second-order valence-electron chi connectivity index (χ2n) is 6.10. The predicted octanol–water partition coefficient (Wildman–Crippen LogP) is 4.85. The van der Waals surface area contributed by atoms with Crippen molar-refractivity contribution < 1.29 is 8.42 Å². The number of hydrogen-bond donors (Lipinski definition) is 0. The Morgan fingerprint density at radius 3 is 2.37 bits per heavy atom. The Kier molecular flexibility index (Phi) is 7.44. The molecule has 0 heterocycles. The Morgan fingerprint density at radius 1 is 1.15 bits per heavy atom. The molecule has 0 atom stereocenters. The van der Waals surface area contributed by atoms with Gasteiger partial charge in [-0.15, -0.1) is 6.42 Å². The fourth-order valence-corrected chi connectivity index (χ4v) is 3.96. The average Bonchev–Trinajstić information content (AvgIpc) is 2.67. The molecule has 0 N–H and O–H groups in total. The van der Waals surface area contributed by atoms with Crippen LogP contribution in [0.2, 0.25) is 0 Å². The fraction of sp³-hybridized carbons (Fsp3) is 0.182. The molecule has 140 valence electrons. The molecule has 3 nitrogen and oxygen atoms in total. The van der Waals surface area contributed by atoms with Gasteiger partial charge in [0.15, 0.2) is 0 Å². The lowest BCUT2D eigenvalue weighted by atomic mass is 10.2. The Balaban J connectivity index is 2.32. The van der Waals surface area contributed by atoms with Crippen molar-refractivity contribution in [2.24, 2.45) is 0 Å². The van der Waals surface area contributed by atoms with Crippen LogP contribution in [0.15, 0.2) is 76.2 Å². The van der Waals surface area contributed by atoms with E-state index in [1.54, 1.807) is 37.3 Å². The lowest BCUT2D eigenvalue weighted by Crippen LogP contribution is -2.32. The fourth-order valence-electron chi connectivity index (χ4n) is 2.33. The van der Waals surface area contributed by atoms with E-state index in [1.165, 1.54) is 4.31 Å². The van der Waals surface area contributed by atoms with Crippen molar-refractivity contribution in [3.63, 3.8) is 0 Å². The molecule has 2 aromatic carbocycles. The van der Waals surface area contributed by atoms with E-state index in [1.807, 2.05) is 43.3 Å². The molecule has 0 amide bonds. The zero-order valence-corrected chi connectivity index (χ0v) is 17.0. The molecule has 0 saturated heterocycles. The second kappa shape index (κ2) is 9.57. The maximum atomic E-state index is 13.1. The van der Waals surface area contributed by atoms with Crippen LogP contribution in [0.5, 0.6) is 0 Å². The van der Waals surface area contributed by atoms with Crippen LogP contribution in [-0.4, -0.2) is 25.8 Å². The van der Waals surface area contributed by atoms with Crippen molar-refractivity contribution >= 4 is 27.7 Å². The Labute approximate surface area is 167 Å². The third-order valence-electron chi connectivity index (χ3n) is 4.02. The maximum absolute atomic E-state index is 13.1. The van der Waals surface area contributed by atoms with Gasteiger partial charge < -0.3 is 0 Å². The van der Waals surface area contributed by atoms with Crippen molar-refractivity contribution in [2.75, 3.05) is 13.1 Å². The topological polar surface area (TPSA) is 37.4 Å². The first kappa shape index (κ1) is 21.0. The van der Waals surface area contributed by atoms with E-state index < -0.39 is 10.0 Å². The Morgan fingerprint density at radius 2 is 1.78 bits per heavy atom. The highest BCUT2D eigenvalue weighted by Crippen LogP contribution is 2.20. The van der Waals surface area contributed by atoms with Crippen LogP contribution < -0.4 is 0 Å². The summed E-state index contributed by atoms with van der Waals surface area (Å²) in [4.78, 5) is 0.226. The molecule has 0 saturated carbocycles. The van der Waals surface area contributed by atoms with Gasteiger partial charge in [-0.2, -0.15) is 4.31 Å². The summed E-state index contributed by atoms with van der Waals surface area (Å²) in [5, 5.41) is 0.335. The van der Waals surface area contributed by atoms with Gasteiger partial charge in [-0.25, -0.2) is 8.42 Å². The van der Waals surface area contributed by atoms with Crippen LogP contribution in [0.25, 0.3) is 6.08 Å². The van der Waals surface area contributed by atoms with Crippen LogP contribution in [0, 0.1) is 19.3 Å².